The van der Waals surface area contributed by atoms with Gasteiger partial charge < -0.3 is 10.1 Å². The van der Waals surface area contributed by atoms with Crippen LogP contribution < -0.4 is 5.32 Å². The van der Waals surface area contributed by atoms with Crippen molar-refractivity contribution in [2.75, 3.05) is 13.7 Å². The highest BCUT2D eigenvalue weighted by atomic mass is 32.1. The van der Waals surface area contributed by atoms with Gasteiger partial charge in [-0.15, -0.1) is 12.6 Å². The Labute approximate surface area is 106 Å². The molecule has 0 aliphatic carbocycles. The van der Waals surface area contributed by atoms with Crippen LogP contribution in [0.5, 0.6) is 0 Å². The van der Waals surface area contributed by atoms with Crippen molar-refractivity contribution in [3.63, 3.8) is 0 Å². The summed E-state index contributed by atoms with van der Waals surface area (Å²) in [5, 5.41) is 2.80. The zero-order chi connectivity index (χ0) is 13.1. The molecule has 0 aromatic heterocycles. The van der Waals surface area contributed by atoms with E-state index in [0.29, 0.717) is 12.2 Å². The Hall–Kier alpha value is -1.07. The number of methoxy groups -OCH3 is 1. The van der Waals surface area contributed by atoms with Crippen LogP contribution in [0.1, 0.15) is 24.2 Å². The third kappa shape index (κ3) is 4.02. The van der Waals surface area contributed by atoms with Gasteiger partial charge in [0.2, 0.25) is 0 Å². The van der Waals surface area contributed by atoms with Crippen LogP contribution >= 0.6 is 12.6 Å². The predicted octanol–water partition coefficient (Wildman–Crippen LogP) is 2.27. The topological polar surface area (TPSA) is 38.3 Å². The van der Waals surface area contributed by atoms with Crippen molar-refractivity contribution in [1.82, 2.24) is 5.32 Å². The molecule has 0 bridgehead atoms. The second kappa shape index (κ2) is 5.51. The number of carbonyl (C=O) groups is 1. The number of halogens is 1. The van der Waals surface area contributed by atoms with Crippen LogP contribution in [0, 0.1) is 5.82 Å². The lowest BCUT2D eigenvalue weighted by Crippen LogP contribution is -2.46. The summed E-state index contributed by atoms with van der Waals surface area (Å²) in [6.45, 7) is 4.09. The molecule has 0 heterocycles. The number of thiol groups is 1. The molecule has 1 amide bonds. The maximum absolute atomic E-state index is 13.0. The number of hydrogen-bond acceptors (Lipinski definition) is 3. The number of hydrogen-bond donors (Lipinski definition) is 2. The molecule has 0 aliphatic heterocycles. The molecule has 0 spiro atoms. The van der Waals surface area contributed by atoms with Gasteiger partial charge in [0, 0.05) is 17.6 Å². The lowest BCUT2D eigenvalue weighted by atomic mass is 10.1. The number of amides is 1. The van der Waals surface area contributed by atoms with E-state index in [1.807, 2.05) is 13.8 Å². The summed E-state index contributed by atoms with van der Waals surface area (Å²) < 4.78 is 18.0. The fourth-order valence-corrected chi connectivity index (χ4v) is 1.64. The monoisotopic (exact) mass is 257 g/mol. The number of benzene rings is 1. The lowest BCUT2D eigenvalue weighted by Gasteiger charge is -2.25. The van der Waals surface area contributed by atoms with E-state index in [0.717, 1.165) is 0 Å². The molecule has 1 rings (SSSR count). The fraction of sp³-hybridized carbons (Fsp3) is 0.417. The smallest absolute Gasteiger partial charge is 0.251 e. The van der Waals surface area contributed by atoms with Gasteiger partial charge in [0.25, 0.3) is 5.91 Å². The van der Waals surface area contributed by atoms with Gasteiger partial charge in [-0.3, -0.25) is 4.79 Å². The van der Waals surface area contributed by atoms with Crippen LogP contribution in [-0.4, -0.2) is 25.2 Å². The first-order chi connectivity index (χ1) is 7.85. The first kappa shape index (κ1) is 14.0. The molecule has 0 saturated heterocycles. The first-order valence-electron chi connectivity index (χ1n) is 5.16. The molecule has 0 radical (unpaired) electrons. The Bertz CT molecular complexity index is 421. The van der Waals surface area contributed by atoms with Gasteiger partial charge in [-0.05, 0) is 32.0 Å². The minimum atomic E-state index is -0.475. The molecule has 1 aromatic carbocycles. The maximum atomic E-state index is 13.0. The van der Waals surface area contributed by atoms with Crippen LogP contribution in [0.3, 0.4) is 0 Å². The van der Waals surface area contributed by atoms with Crippen molar-refractivity contribution < 1.29 is 13.9 Å². The van der Waals surface area contributed by atoms with Crippen molar-refractivity contribution >= 4 is 18.5 Å². The molecule has 1 N–H and O–H groups in total. The lowest BCUT2D eigenvalue weighted by molar-refractivity contribution is 0.0819. The molecule has 3 nitrogen and oxygen atoms in total. The average Bonchev–Trinajstić information content (AvgIpc) is 2.21. The van der Waals surface area contributed by atoms with Crippen molar-refractivity contribution in [3.05, 3.63) is 29.6 Å². The molecule has 0 atom stereocenters. The Morgan fingerprint density at radius 1 is 1.53 bits per heavy atom. The van der Waals surface area contributed by atoms with Crippen LogP contribution in [0.2, 0.25) is 0 Å². The summed E-state index contributed by atoms with van der Waals surface area (Å²) in [6.07, 6.45) is 0. The van der Waals surface area contributed by atoms with E-state index in [1.54, 1.807) is 7.11 Å². The van der Waals surface area contributed by atoms with Gasteiger partial charge in [0.05, 0.1) is 12.1 Å². The summed E-state index contributed by atoms with van der Waals surface area (Å²) in [7, 11) is 1.57. The van der Waals surface area contributed by atoms with Crippen molar-refractivity contribution in [2.45, 2.75) is 24.3 Å². The molecule has 0 aliphatic rings. The molecule has 1 aromatic rings. The van der Waals surface area contributed by atoms with Crippen LogP contribution in [0.4, 0.5) is 4.39 Å². The van der Waals surface area contributed by atoms with Crippen molar-refractivity contribution in [3.8, 4) is 0 Å². The summed E-state index contributed by atoms with van der Waals surface area (Å²) in [4.78, 5) is 12.0. The Morgan fingerprint density at radius 2 is 2.18 bits per heavy atom. The normalized spacial score (nSPS) is 11.4. The molecule has 5 heteroatoms. The fourth-order valence-electron chi connectivity index (χ4n) is 1.43. The zero-order valence-corrected chi connectivity index (χ0v) is 11.0. The van der Waals surface area contributed by atoms with E-state index in [1.165, 1.54) is 18.2 Å². The van der Waals surface area contributed by atoms with Gasteiger partial charge >= 0.3 is 0 Å². The summed E-state index contributed by atoms with van der Waals surface area (Å²) in [5.74, 6) is -0.719. The van der Waals surface area contributed by atoms with E-state index >= 15 is 0 Å². The summed E-state index contributed by atoms with van der Waals surface area (Å²) in [5.41, 5.74) is -0.0997. The standard InChI is InChI=1S/C12H16FNO2S/c1-12(2,7-16-3)14-11(15)8-4-5-9(13)10(17)6-8/h4-6,17H,7H2,1-3H3,(H,14,15). The Kier molecular flexibility index (Phi) is 4.54. The van der Waals surface area contributed by atoms with Gasteiger partial charge in [-0.25, -0.2) is 4.39 Å². The quantitative estimate of drug-likeness (QED) is 0.812. The molecule has 17 heavy (non-hydrogen) atoms. The van der Waals surface area contributed by atoms with Crippen LogP contribution in [0.25, 0.3) is 0 Å². The Balaban J connectivity index is 2.80. The minimum Gasteiger partial charge on any atom is -0.382 e. The SMILES string of the molecule is COCC(C)(C)NC(=O)c1ccc(F)c(S)c1. The van der Waals surface area contributed by atoms with E-state index in [2.05, 4.69) is 17.9 Å². The average molecular weight is 257 g/mol. The van der Waals surface area contributed by atoms with Crippen molar-refractivity contribution in [1.29, 1.82) is 0 Å². The third-order valence-corrected chi connectivity index (χ3v) is 2.51. The number of ether oxygens (including phenoxy) is 1. The van der Waals surface area contributed by atoms with Crippen LogP contribution in [0.15, 0.2) is 23.1 Å². The predicted molar refractivity (Wildman–Crippen MR) is 67.1 cm³/mol. The Morgan fingerprint density at radius 3 is 2.71 bits per heavy atom. The first-order valence-corrected chi connectivity index (χ1v) is 5.60. The molecule has 0 fully saturated rings. The highest BCUT2D eigenvalue weighted by molar-refractivity contribution is 7.80. The largest absolute Gasteiger partial charge is 0.382 e. The number of carbonyl (C=O) groups excluding carboxylic acids is 1. The van der Waals surface area contributed by atoms with E-state index in [-0.39, 0.29) is 10.8 Å². The van der Waals surface area contributed by atoms with Crippen LogP contribution in [-0.2, 0) is 4.74 Å². The maximum Gasteiger partial charge on any atom is 0.251 e. The number of nitrogens with one attached hydrogen (secondary N) is 1. The zero-order valence-electron chi connectivity index (χ0n) is 10.1. The van der Waals surface area contributed by atoms with Gasteiger partial charge in [-0.1, -0.05) is 0 Å². The molecular weight excluding hydrogens is 241 g/mol. The highest BCUT2D eigenvalue weighted by Crippen LogP contribution is 2.15. The molecule has 94 valence electrons. The van der Waals surface area contributed by atoms with Crippen molar-refractivity contribution in [2.24, 2.45) is 0 Å². The number of rotatable bonds is 4. The summed E-state index contributed by atoms with van der Waals surface area (Å²) in [6, 6.07) is 4.05. The molecular formula is C12H16FNO2S. The molecule has 0 saturated carbocycles. The van der Waals surface area contributed by atoms with E-state index < -0.39 is 11.4 Å². The van der Waals surface area contributed by atoms with Gasteiger partial charge in [0.15, 0.2) is 0 Å². The van der Waals surface area contributed by atoms with Gasteiger partial charge in [0.1, 0.15) is 5.82 Å². The van der Waals surface area contributed by atoms with Gasteiger partial charge in [-0.2, -0.15) is 0 Å². The minimum absolute atomic E-state index is 0.155. The van der Waals surface area contributed by atoms with E-state index in [9.17, 15) is 9.18 Å². The summed E-state index contributed by atoms with van der Waals surface area (Å²) >= 11 is 3.94. The third-order valence-electron chi connectivity index (χ3n) is 2.17. The van der Waals surface area contributed by atoms with E-state index in [4.69, 9.17) is 4.74 Å². The second-order valence-electron chi connectivity index (χ2n) is 4.44. The highest BCUT2D eigenvalue weighted by Gasteiger charge is 2.21. The second-order valence-corrected chi connectivity index (χ2v) is 4.92. The molecule has 0 unspecified atom stereocenters.